The second-order valence-corrected chi connectivity index (χ2v) is 6.19. The van der Waals surface area contributed by atoms with Gasteiger partial charge in [-0.15, -0.1) is 0 Å². The van der Waals surface area contributed by atoms with Crippen molar-refractivity contribution in [3.8, 4) is 0 Å². The molecule has 0 radical (unpaired) electrons. The van der Waals surface area contributed by atoms with Crippen LogP contribution >= 0.6 is 0 Å². The Balaban J connectivity index is 4.11. The number of hydrogen-bond donors (Lipinski definition) is 2. The minimum absolute atomic E-state index is 0.200. The van der Waals surface area contributed by atoms with Crippen molar-refractivity contribution >= 4 is 22.7 Å². The lowest BCUT2D eigenvalue weighted by atomic mass is 10.3. The number of nitrogens with one attached hydrogen (secondary N) is 1. The minimum atomic E-state index is -1.49. The normalized spacial score (nSPS) is 15.7. The van der Waals surface area contributed by atoms with E-state index in [-0.39, 0.29) is 12.3 Å². The molecule has 18 heavy (non-hydrogen) atoms. The maximum absolute atomic E-state index is 11.9. The molecule has 0 aromatic heterocycles. The number of hydrogen-bond acceptors (Lipinski definition) is 4. The predicted molar refractivity (Wildman–Crippen MR) is 68.8 cm³/mol. The summed E-state index contributed by atoms with van der Waals surface area (Å²) in [5.74, 6) is -1.33. The maximum Gasteiger partial charge on any atom is 0.304 e. The van der Waals surface area contributed by atoms with Gasteiger partial charge in [-0.2, -0.15) is 0 Å². The van der Waals surface area contributed by atoms with Crippen LogP contribution in [0.3, 0.4) is 0 Å². The molecule has 2 N–H and O–H groups in total. The number of methoxy groups -OCH3 is 1. The molecular formula is C11H21NO5S. The third-order valence-electron chi connectivity index (χ3n) is 2.40. The molecule has 0 heterocycles. The Morgan fingerprint density at radius 1 is 1.39 bits per heavy atom. The first-order valence-electron chi connectivity index (χ1n) is 5.78. The van der Waals surface area contributed by atoms with E-state index in [1.54, 1.807) is 21.0 Å². The molecule has 6 nitrogen and oxygen atoms in total. The van der Waals surface area contributed by atoms with Crippen LogP contribution in [0.4, 0.5) is 0 Å². The summed E-state index contributed by atoms with van der Waals surface area (Å²) in [5, 5.41) is 10.0. The standard InChI is InChI=1S/C11H21NO5S/c1-8(7-10(13)14)18(16)9(2)11(15)12-5-4-6-17-3/h8-9H,4-7H2,1-3H3,(H,12,15)(H,13,14). The third kappa shape index (κ3) is 6.70. The molecule has 0 spiro atoms. The van der Waals surface area contributed by atoms with Gasteiger partial charge in [0.1, 0.15) is 5.25 Å². The number of carboxylic acid groups (broad SMARTS) is 1. The Bertz CT molecular complexity index is 308. The van der Waals surface area contributed by atoms with Gasteiger partial charge in [-0.1, -0.05) is 6.92 Å². The molecule has 0 aliphatic carbocycles. The summed E-state index contributed by atoms with van der Waals surface area (Å²) in [6.45, 7) is 4.12. The highest BCUT2D eigenvalue weighted by Crippen LogP contribution is 2.08. The fourth-order valence-corrected chi connectivity index (χ4v) is 2.65. The lowest BCUT2D eigenvalue weighted by Crippen LogP contribution is -2.39. The number of carboxylic acids is 1. The molecule has 0 fully saturated rings. The number of aliphatic carboxylic acids is 1. The van der Waals surface area contributed by atoms with Gasteiger partial charge in [0.25, 0.3) is 0 Å². The first-order chi connectivity index (χ1) is 8.40. The zero-order chi connectivity index (χ0) is 14.1. The van der Waals surface area contributed by atoms with Crippen LogP contribution in [0, 0.1) is 0 Å². The fraction of sp³-hybridized carbons (Fsp3) is 0.818. The first kappa shape index (κ1) is 17.1. The van der Waals surface area contributed by atoms with Crippen molar-refractivity contribution < 1.29 is 23.6 Å². The molecule has 0 rings (SSSR count). The van der Waals surface area contributed by atoms with E-state index in [1.165, 1.54) is 0 Å². The number of ether oxygens (including phenoxy) is 1. The van der Waals surface area contributed by atoms with Crippen LogP contribution in [0.25, 0.3) is 0 Å². The van der Waals surface area contributed by atoms with Crippen LogP contribution in [0.1, 0.15) is 26.7 Å². The number of carbonyl (C=O) groups is 2. The smallest absolute Gasteiger partial charge is 0.304 e. The van der Waals surface area contributed by atoms with E-state index in [4.69, 9.17) is 9.84 Å². The topological polar surface area (TPSA) is 92.7 Å². The highest BCUT2D eigenvalue weighted by molar-refractivity contribution is 7.87. The molecule has 3 atom stereocenters. The molecule has 106 valence electrons. The van der Waals surface area contributed by atoms with Gasteiger partial charge in [0.2, 0.25) is 5.91 Å². The van der Waals surface area contributed by atoms with Gasteiger partial charge >= 0.3 is 5.97 Å². The Labute approximate surface area is 110 Å². The van der Waals surface area contributed by atoms with E-state index in [0.717, 1.165) is 0 Å². The average Bonchev–Trinajstić information content (AvgIpc) is 2.31. The van der Waals surface area contributed by atoms with Crippen molar-refractivity contribution in [2.75, 3.05) is 20.3 Å². The van der Waals surface area contributed by atoms with Gasteiger partial charge in [-0.3, -0.25) is 13.8 Å². The molecule has 0 aliphatic rings. The zero-order valence-corrected chi connectivity index (χ0v) is 11.8. The van der Waals surface area contributed by atoms with Gasteiger partial charge < -0.3 is 15.2 Å². The van der Waals surface area contributed by atoms with Crippen LogP contribution < -0.4 is 5.32 Å². The van der Waals surface area contributed by atoms with Gasteiger partial charge in [-0.05, 0) is 13.3 Å². The lowest BCUT2D eigenvalue weighted by molar-refractivity contribution is -0.137. The van der Waals surface area contributed by atoms with E-state index in [0.29, 0.717) is 19.6 Å². The average molecular weight is 279 g/mol. The van der Waals surface area contributed by atoms with Crippen LogP contribution in [-0.4, -0.2) is 52.0 Å². The SMILES string of the molecule is COCCCNC(=O)C(C)S(=O)C(C)CC(=O)O. The summed E-state index contributed by atoms with van der Waals surface area (Å²) in [5.41, 5.74) is 0. The Morgan fingerprint density at radius 2 is 2.00 bits per heavy atom. The van der Waals surface area contributed by atoms with Crippen molar-refractivity contribution in [1.82, 2.24) is 5.32 Å². The zero-order valence-electron chi connectivity index (χ0n) is 11.0. The second kappa shape index (κ2) is 9.04. The van der Waals surface area contributed by atoms with Crippen molar-refractivity contribution in [3.63, 3.8) is 0 Å². The van der Waals surface area contributed by atoms with Crippen LogP contribution in [0.5, 0.6) is 0 Å². The van der Waals surface area contributed by atoms with Gasteiger partial charge in [0.05, 0.1) is 6.42 Å². The highest BCUT2D eigenvalue weighted by Gasteiger charge is 2.25. The largest absolute Gasteiger partial charge is 0.481 e. The Hall–Kier alpha value is -0.950. The molecule has 0 bridgehead atoms. The van der Waals surface area contributed by atoms with E-state index in [9.17, 15) is 13.8 Å². The molecule has 1 amide bonds. The Kier molecular flexibility index (Phi) is 8.57. The monoisotopic (exact) mass is 279 g/mol. The van der Waals surface area contributed by atoms with Crippen molar-refractivity contribution in [2.45, 2.75) is 37.2 Å². The number of amides is 1. The third-order valence-corrected chi connectivity index (χ3v) is 4.27. The van der Waals surface area contributed by atoms with Crippen molar-refractivity contribution in [1.29, 1.82) is 0 Å². The number of rotatable bonds is 9. The maximum atomic E-state index is 11.9. The summed E-state index contributed by atoms with van der Waals surface area (Å²) >= 11 is 0. The predicted octanol–water partition coefficient (Wildman–Crippen LogP) is 0.140. The second-order valence-electron chi connectivity index (χ2n) is 4.02. The molecule has 0 aromatic rings. The first-order valence-corrected chi connectivity index (χ1v) is 7.05. The lowest BCUT2D eigenvalue weighted by Gasteiger charge is -2.15. The van der Waals surface area contributed by atoms with Crippen molar-refractivity contribution in [2.24, 2.45) is 0 Å². The highest BCUT2D eigenvalue weighted by atomic mass is 32.2. The molecule has 0 aromatic carbocycles. The van der Waals surface area contributed by atoms with Crippen LogP contribution in [0.15, 0.2) is 0 Å². The van der Waals surface area contributed by atoms with Crippen LogP contribution in [0.2, 0.25) is 0 Å². The van der Waals surface area contributed by atoms with E-state index >= 15 is 0 Å². The molecule has 0 aliphatic heterocycles. The van der Waals surface area contributed by atoms with Crippen LogP contribution in [-0.2, 0) is 25.1 Å². The van der Waals surface area contributed by atoms with E-state index < -0.39 is 27.3 Å². The summed E-state index contributed by atoms with van der Waals surface area (Å²) in [4.78, 5) is 22.1. The number of carbonyl (C=O) groups excluding carboxylic acids is 1. The molecule has 7 heteroatoms. The fourth-order valence-electron chi connectivity index (χ4n) is 1.35. The molecular weight excluding hydrogens is 258 g/mol. The molecule has 3 unspecified atom stereocenters. The summed E-state index contributed by atoms with van der Waals surface area (Å²) in [7, 11) is 0.0849. The van der Waals surface area contributed by atoms with Gasteiger partial charge in [0, 0.05) is 36.3 Å². The molecule has 0 saturated carbocycles. The summed E-state index contributed by atoms with van der Waals surface area (Å²) in [6.07, 6.45) is 0.486. The van der Waals surface area contributed by atoms with Gasteiger partial charge in [0.15, 0.2) is 0 Å². The molecule has 0 saturated heterocycles. The van der Waals surface area contributed by atoms with Gasteiger partial charge in [-0.25, -0.2) is 0 Å². The minimum Gasteiger partial charge on any atom is -0.481 e. The van der Waals surface area contributed by atoms with E-state index in [1.807, 2.05) is 0 Å². The van der Waals surface area contributed by atoms with E-state index in [2.05, 4.69) is 5.32 Å². The quantitative estimate of drug-likeness (QED) is 0.586. The van der Waals surface area contributed by atoms with Crippen molar-refractivity contribution in [3.05, 3.63) is 0 Å². The summed E-state index contributed by atoms with van der Waals surface area (Å²) in [6, 6.07) is 0. The Morgan fingerprint density at radius 3 is 2.50 bits per heavy atom. The summed E-state index contributed by atoms with van der Waals surface area (Å²) < 4.78 is 16.7.